The number of fused-ring (bicyclic) bond motifs is 1. The molecule has 7 nitrogen and oxygen atoms in total. The number of ketones is 1. The van der Waals surface area contributed by atoms with Crippen molar-refractivity contribution in [3.8, 4) is 0 Å². The number of aryl methyl sites for hydroxylation is 1. The molecule has 134 valence electrons. The highest BCUT2D eigenvalue weighted by molar-refractivity contribution is 5.94. The molecule has 26 heavy (non-hydrogen) atoms. The fourth-order valence-electron chi connectivity index (χ4n) is 3.34. The summed E-state index contributed by atoms with van der Waals surface area (Å²) < 4.78 is 16.1. The van der Waals surface area contributed by atoms with Gasteiger partial charge in [-0.1, -0.05) is 0 Å². The topological polar surface area (TPSA) is 67.2 Å². The third kappa shape index (κ3) is 2.77. The Balaban J connectivity index is 1.53. The Morgan fingerprint density at radius 1 is 1.12 bits per heavy atom. The van der Waals surface area contributed by atoms with Crippen molar-refractivity contribution in [2.24, 2.45) is 7.05 Å². The first kappa shape index (κ1) is 16.4. The Labute approximate surface area is 150 Å². The number of halogens is 1. The van der Waals surface area contributed by atoms with E-state index < -0.39 is 0 Å². The van der Waals surface area contributed by atoms with E-state index in [-0.39, 0.29) is 11.6 Å². The monoisotopic (exact) mass is 354 g/mol. The van der Waals surface area contributed by atoms with Gasteiger partial charge in [0.2, 0.25) is 0 Å². The molecule has 4 rings (SSSR count). The maximum Gasteiger partial charge on any atom is 0.163 e. The van der Waals surface area contributed by atoms with Crippen LogP contribution in [0.2, 0.25) is 0 Å². The molecule has 2 aromatic heterocycles. The van der Waals surface area contributed by atoms with Crippen LogP contribution >= 0.6 is 0 Å². The number of nitrogens with zero attached hydrogens (tertiary/aromatic N) is 6. The number of hydrogen-bond acceptors (Lipinski definition) is 6. The van der Waals surface area contributed by atoms with Crippen LogP contribution in [0.5, 0.6) is 0 Å². The lowest BCUT2D eigenvalue weighted by Crippen LogP contribution is -2.47. The van der Waals surface area contributed by atoms with Crippen LogP contribution in [0, 0.1) is 5.82 Å². The molecule has 0 amide bonds. The summed E-state index contributed by atoms with van der Waals surface area (Å²) in [6.45, 7) is 4.21. The maximum atomic E-state index is 14.4. The molecule has 0 saturated carbocycles. The standard InChI is InChI=1S/C18H19FN6O/c1-12(26)13-3-4-16(15(19)9-13)24-5-7-25(8-6-24)18-14-10-22-23(2)17(14)20-11-21-18/h3-4,9-11H,5-8H2,1-2H3. The lowest BCUT2D eigenvalue weighted by atomic mass is 10.1. The molecule has 0 radical (unpaired) electrons. The van der Waals surface area contributed by atoms with Gasteiger partial charge in [0, 0.05) is 38.8 Å². The molecule has 0 aliphatic carbocycles. The molecule has 0 unspecified atom stereocenters. The number of benzene rings is 1. The molecule has 3 heterocycles. The Bertz CT molecular complexity index is 977. The van der Waals surface area contributed by atoms with Gasteiger partial charge in [0.05, 0.1) is 17.3 Å². The zero-order chi connectivity index (χ0) is 18.3. The summed E-state index contributed by atoms with van der Waals surface area (Å²) in [4.78, 5) is 24.2. The van der Waals surface area contributed by atoms with E-state index in [4.69, 9.17) is 0 Å². The van der Waals surface area contributed by atoms with Crippen molar-refractivity contribution in [3.63, 3.8) is 0 Å². The smallest absolute Gasteiger partial charge is 0.163 e. The van der Waals surface area contributed by atoms with Gasteiger partial charge in [0.25, 0.3) is 0 Å². The van der Waals surface area contributed by atoms with E-state index in [1.807, 2.05) is 11.9 Å². The van der Waals surface area contributed by atoms with E-state index in [1.165, 1.54) is 13.0 Å². The van der Waals surface area contributed by atoms with Crippen LogP contribution in [0.4, 0.5) is 15.9 Å². The van der Waals surface area contributed by atoms with Gasteiger partial charge in [-0.05, 0) is 25.1 Å². The van der Waals surface area contributed by atoms with Crippen LogP contribution < -0.4 is 9.80 Å². The highest BCUT2D eigenvalue weighted by Gasteiger charge is 2.23. The Morgan fingerprint density at radius 3 is 2.54 bits per heavy atom. The van der Waals surface area contributed by atoms with Crippen molar-refractivity contribution in [1.29, 1.82) is 0 Å². The van der Waals surface area contributed by atoms with Crippen molar-refractivity contribution in [1.82, 2.24) is 19.7 Å². The molecule has 0 N–H and O–H groups in total. The first-order chi connectivity index (χ1) is 12.5. The summed E-state index contributed by atoms with van der Waals surface area (Å²) in [6, 6.07) is 4.68. The minimum atomic E-state index is -0.358. The second-order valence-electron chi connectivity index (χ2n) is 6.40. The lowest BCUT2D eigenvalue weighted by Gasteiger charge is -2.37. The Hall–Kier alpha value is -3.03. The molecule has 1 fully saturated rings. The molecule has 1 aliphatic heterocycles. The number of Topliss-reactive ketones (excluding diaryl/α,β-unsaturated/α-hetero) is 1. The fourth-order valence-corrected chi connectivity index (χ4v) is 3.34. The third-order valence-corrected chi connectivity index (χ3v) is 4.78. The van der Waals surface area contributed by atoms with E-state index in [0.29, 0.717) is 24.3 Å². The Morgan fingerprint density at radius 2 is 1.85 bits per heavy atom. The molecule has 1 aromatic carbocycles. The SMILES string of the molecule is CC(=O)c1ccc(N2CCN(c3ncnc4c3cnn4C)CC2)c(F)c1. The normalized spacial score (nSPS) is 14.9. The Kier molecular flexibility index (Phi) is 4.02. The predicted molar refractivity (Wildman–Crippen MR) is 97.1 cm³/mol. The molecule has 0 atom stereocenters. The van der Waals surface area contributed by atoms with Gasteiger partial charge in [-0.15, -0.1) is 0 Å². The first-order valence-corrected chi connectivity index (χ1v) is 8.47. The van der Waals surface area contributed by atoms with Gasteiger partial charge in [-0.3, -0.25) is 9.48 Å². The summed E-state index contributed by atoms with van der Waals surface area (Å²) in [7, 11) is 1.85. The number of piperazine rings is 1. The minimum absolute atomic E-state index is 0.135. The average molecular weight is 354 g/mol. The minimum Gasteiger partial charge on any atom is -0.366 e. The van der Waals surface area contributed by atoms with Gasteiger partial charge < -0.3 is 9.80 Å². The molecular formula is C18H19FN6O. The average Bonchev–Trinajstić information content (AvgIpc) is 3.03. The van der Waals surface area contributed by atoms with Gasteiger partial charge in [0.1, 0.15) is 18.0 Å². The first-order valence-electron chi connectivity index (χ1n) is 8.47. The highest BCUT2D eigenvalue weighted by atomic mass is 19.1. The van der Waals surface area contributed by atoms with Crippen LogP contribution in [-0.2, 0) is 7.05 Å². The van der Waals surface area contributed by atoms with Crippen molar-refractivity contribution in [2.45, 2.75) is 6.92 Å². The number of rotatable bonds is 3. The second-order valence-corrected chi connectivity index (χ2v) is 6.40. The van der Waals surface area contributed by atoms with Gasteiger partial charge >= 0.3 is 0 Å². The number of carbonyl (C=O) groups excluding carboxylic acids is 1. The van der Waals surface area contributed by atoms with Crippen molar-refractivity contribution >= 4 is 28.3 Å². The van der Waals surface area contributed by atoms with Gasteiger partial charge in [-0.25, -0.2) is 14.4 Å². The van der Waals surface area contributed by atoms with E-state index in [1.54, 1.807) is 29.3 Å². The van der Waals surface area contributed by atoms with E-state index >= 15 is 0 Å². The molecule has 3 aromatic rings. The summed E-state index contributed by atoms with van der Waals surface area (Å²) in [6.07, 6.45) is 3.32. The summed E-state index contributed by atoms with van der Waals surface area (Å²) in [5.74, 6) is 0.363. The summed E-state index contributed by atoms with van der Waals surface area (Å²) in [5.41, 5.74) is 1.72. The molecular weight excluding hydrogens is 335 g/mol. The molecule has 0 spiro atoms. The summed E-state index contributed by atoms with van der Waals surface area (Å²) >= 11 is 0. The van der Waals surface area contributed by atoms with Crippen molar-refractivity contribution in [3.05, 3.63) is 42.1 Å². The lowest BCUT2D eigenvalue weighted by molar-refractivity contribution is 0.101. The van der Waals surface area contributed by atoms with Crippen LogP contribution in [0.25, 0.3) is 11.0 Å². The van der Waals surface area contributed by atoms with E-state index in [9.17, 15) is 9.18 Å². The highest BCUT2D eigenvalue weighted by Crippen LogP contribution is 2.26. The van der Waals surface area contributed by atoms with E-state index in [2.05, 4.69) is 20.0 Å². The number of hydrogen-bond donors (Lipinski definition) is 0. The van der Waals surface area contributed by atoms with Crippen LogP contribution in [0.1, 0.15) is 17.3 Å². The number of anilines is 2. The maximum absolute atomic E-state index is 14.4. The fraction of sp³-hybridized carbons (Fsp3) is 0.333. The molecule has 8 heteroatoms. The second kappa shape index (κ2) is 6.36. The summed E-state index contributed by atoms with van der Waals surface area (Å²) in [5, 5.41) is 5.16. The van der Waals surface area contributed by atoms with E-state index in [0.717, 1.165) is 29.9 Å². The van der Waals surface area contributed by atoms with Crippen LogP contribution in [0.3, 0.4) is 0 Å². The third-order valence-electron chi connectivity index (χ3n) is 4.78. The zero-order valence-electron chi connectivity index (χ0n) is 14.7. The quantitative estimate of drug-likeness (QED) is 0.671. The molecule has 0 bridgehead atoms. The van der Waals surface area contributed by atoms with Crippen LogP contribution in [0.15, 0.2) is 30.7 Å². The predicted octanol–water partition coefficient (Wildman–Crippen LogP) is 2.03. The van der Waals surface area contributed by atoms with Gasteiger partial charge in [-0.2, -0.15) is 5.10 Å². The van der Waals surface area contributed by atoms with Crippen LogP contribution in [-0.4, -0.2) is 51.7 Å². The molecule has 1 saturated heterocycles. The van der Waals surface area contributed by atoms with Gasteiger partial charge in [0.15, 0.2) is 11.4 Å². The largest absolute Gasteiger partial charge is 0.366 e. The van der Waals surface area contributed by atoms with Crippen molar-refractivity contribution in [2.75, 3.05) is 36.0 Å². The number of carbonyl (C=O) groups is 1. The van der Waals surface area contributed by atoms with Crippen molar-refractivity contribution < 1.29 is 9.18 Å². The zero-order valence-corrected chi connectivity index (χ0v) is 14.7. The molecule has 1 aliphatic rings. The number of aromatic nitrogens is 4.